The van der Waals surface area contributed by atoms with Crippen LogP contribution in [0.25, 0.3) is 11.1 Å². The van der Waals surface area contributed by atoms with Crippen LogP contribution in [0.4, 0.5) is 0 Å². The molecule has 0 unspecified atom stereocenters. The third-order valence-corrected chi connectivity index (χ3v) is 3.88. The van der Waals surface area contributed by atoms with Gasteiger partial charge in [0.25, 0.3) is 0 Å². The van der Waals surface area contributed by atoms with Gasteiger partial charge in [-0.3, -0.25) is 4.79 Å². The number of aryl methyl sites for hydroxylation is 1. The van der Waals surface area contributed by atoms with E-state index in [1.807, 2.05) is 30.3 Å². The SMILES string of the molecule is O=C(O)CCCc1ccc2c(c1)-c1ccc(Cl)cc1CO2. The lowest BCUT2D eigenvalue weighted by atomic mass is 9.94. The molecule has 1 aliphatic rings. The maximum absolute atomic E-state index is 10.6. The Bertz CT molecular complexity index is 694. The zero-order valence-electron chi connectivity index (χ0n) is 11.4. The summed E-state index contributed by atoms with van der Waals surface area (Å²) in [6, 6.07) is 11.9. The van der Waals surface area contributed by atoms with Crippen molar-refractivity contribution in [3.8, 4) is 16.9 Å². The maximum atomic E-state index is 10.6. The van der Waals surface area contributed by atoms with Crippen LogP contribution < -0.4 is 4.74 Å². The van der Waals surface area contributed by atoms with Crippen LogP contribution in [0, 0.1) is 0 Å². The highest BCUT2D eigenvalue weighted by Crippen LogP contribution is 2.39. The Labute approximate surface area is 128 Å². The highest BCUT2D eigenvalue weighted by molar-refractivity contribution is 6.30. The maximum Gasteiger partial charge on any atom is 0.303 e. The second-order valence-electron chi connectivity index (χ2n) is 5.17. The molecule has 4 heteroatoms. The minimum Gasteiger partial charge on any atom is -0.488 e. The number of rotatable bonds is 4. The van der Waals surface area contributed by atoms with Crippen LogP contribution in [0.15, 0.2) is 36.4 Å². The Morgan fingerprint density at radius 2 is 2.05 bits per heavy atom. The largest absolute Gasteiger partial charge is 0.488 e. The quantitative estimate of drug-likeness (QED) is 0.915. The third kappa shape index (κ3) is 3.03. The van der Waals surface area contributed by atoms with E-state index in [0.717, 1.165) is 34.4 Å². The molecule has 0 atom stereocenters. The summed E-state index contributed by atoms with van der Waals surface area (Å²) < 4.78 is 5.75. The molecule has 0 amide bonds. The molecule has 0 radical (unpaired) electrons. The summed E-state index contributed by atoms with van der Waals surface area (Å²) in [5, 5.41) is 9.41. The van der Waals surface area contributed by atoms with Crippen LogP contribution in [0.5, 0.6) is 5.75 Å². The molecule has 0 aliphatic carbocycles. The number of fused-ring (bicyclic) bond motifs is 3. The molecular formula is C17H15ClO3. The molecule has 3 nitrogen and oxygen atoms in total. The van der Waals surface area contributed by atoms with Gasteiger partial charge in [-0.1, -0.05) is 23.7 Å². The molecule has 108 valence electrons. The van der Waals surface area contributed by atoms with Gasteiger partial charge in [-0.15, -0.1) is 0 Å². The number of benzene rings is 2. The highest BCUT2D eigenvalue weighted by Gasteiger charge is 2.17. The smallest absolute Gasteiger partial charge is 0.303 e. The van der Waals surface area contributed by atoms with Gasteiger partial charge < -0.3 is 9.84 Å². The first kappa shape index (κ1) is 14.0. The van der Waals surface area contributed by atoms with E-state index in [-0.39, 0.29) is 6.42 Å². The summed E-state index contributed by atoms with van der Waals surface area (Å²) >= 11 is 6.02. The van der Waals surface area contributed by atoms with Crippen LogP contribution in [0.3, 0.4) is 0 Å². The number of hydrogen-bond donors (Lipinski definition) is 1. The molecule has 0 bridgehead atoms. The number of carboxylic acids is 1. The van der Waals surface area contributed by atoms with E-state index in [4.69, 9.17) is 21.4 Å². The lowest BCUT2D eigenvalue weighted by Gasteiger charge is -2.21. The molecule has 0 saturated carbocycles. The number of aliphatic carboxylic acids is 1. The Morgan fingerprint density at radius 3 is 2.86 bits per heavy atom. The fraction of sp³-hybridized carbons (Fsp3) is 0.235. The minimum atomic E-state index is -0.753. The zero-order chi connectivity index (χ0) is 14.8. The topological polar surface area (TPSA) is 46.5 Å². The Kier molecular flexibility index (Phi) is 3.84. The minimum absolute atomic E-state index is 0.194. The third-order valence-electron chi connectivity index (χ3n) is 3.64. The van der Waals surface area contributed by atoms with Gasteiger partial charge in [0.15, 0.2) is 0 Å². The van der Waals surface area contributed by atoms with E-state index < -0.39 is 5.97 Å². The summed E-state index contributed by atoms with van der Waals surface area (Å²) in [4.78, 5) is 10.6. The van der Waals surface area contributed by atoms with Crippen LogP contribution in [-0.2, 0) is 17.8 Å². The number of carboxylic acid groups (broad SMARTS) is 1. The van der Waals surface area contributed by atoms with E-state index in [2.05, 4.69) is 6.07 Å². The van der Waals surface area contributed by atoms with E-state index in [1.54, 1.807) is 0 Å². The predicted molar refractivity (Wildman–Crippen MR) is 81.8 cm³/mol. The van der Waals surface area contributed by atoms with Crippen molar-refractivity contribution >= 4 is 17.6 Å². The summed E-state index contributed by atoms with van der Waals surface area (Å²) in [5.41, 5.74) is 4.40. The van der Waals surface area contributed by atoms with Gasteiger partial charge in [-0.05, 0) is 53.8 Å². The molecule has 0 aromatic heterocycles. The van der Waals surface area contributed by atoms with Gasteiger partial charge in [0, 0.05) is 17.0 Å². The summed E-state index contributed by atoms with van der Waals surface area (Å²) in [6.45, 7) is 0.529. The first-order valence-electron chi connectivity index (χ1n) is 6.90. The molecule has 2 aromatic rings. The monoisotopic (exact) mass is 302 g/mol. The fourth-order valence-corrected chi connectivity index (χ4v) is 2.81. The second kappa shape index (κ2) is 5.78. The van der Waals surface area contributed by atoms with Crippen molar-refractivity contribution < 1.29 is 14.6 Å². The fourth-order valence-electron chi connectivity index (χ4n) is 2.61. The lowest BCUT2D eigenvalue weighted by molar-refractivity contribution is -0.137. The number of hydrogen-bond acceptors (Lipinski definition) is 2. The zero-order valence-corrected chi connectivity index (χ0v) is 12.2. The van der Waals surface area contributed by atoms with Crippen LogP contribution >= 0.6 is 11.6 Å². The average molecular weight is 303 g/mol. The molecule has 0 saturated heterocycles. The van der Waals surface area contributed by atoms with E-state index in [0.29, 0.717) is 18.1 Å². The Morgan fingerprint density at radius 1 is 1.19 bits per heavy atom. The number of ether oxygens (including phenoxy) is 1. The van der Waals surface area contributed by atoms with Gasteiger partial charge in [0.05, 0.1) is 0 Å². The average Bonchev–Trinajstić information content (AvgIpc) is 2.46. The molecule has 21 heavy (non-hydrogen) atoms. The van der Waals surface area contributed by atoms with E-state index in [1.165, 1.54) is 0 Å². The first-order valence-corrected chi connectivity index (χ1v) is 7.27. The van der Waals surface area contributed by atoms with Crippen molar-refractivity contribution in [2.24, 2.45) is 0 Å². The van der Waals surface area contributed by atoms with Gasteiger partial charge in [0.2, 0.25) is 0 Å². The van der Waals surface area contributed by atoms with Crippen LogP contribution in [0.2, 0.25) is 5.02 Å². The molecule has 3 rings (SSSR count). The molecule has 1 N–H and O–H groups in total. The second-order valence-corrected chi connectivity index (χ2v) is 5.60. The standard InChI is InChI=1S/C17H15ClO3/c18-13-5-6-14-12(9-13)10-21-16-7-4-11(8-15(14)16)2-1-3-17(19)20/h4-9H,1-3,10H2,(H,19,20). The first-order chi connectivity index (χ1) is 10.1. The van der Waals surface area contributed by atoms with Crippen molar-refractivity contribution in [2.45, 2.75) is 25.9 Å². The number of carbonyl (C=O) groups is 1. The lowest BCUT2D eigenvalue weighted by Crippen LogP contribution is -2.06. The molecule has 2 aromatic carbocycles. The van der Waals surface area contributed by atoms with Crippen molar-refractivity contribution in [2.75, 3.05) is 0 Å². The van der Waals surface area contributed by atoms with E-state index >= 15 is 0 Å². The van der Waals surface area contributed by atoms with Gasteiger partial charge >= 0.3 is 5.97 Å². The highest BCUT2D eigenvalue weighted by atomic mass is 35.5. The van der Waals surface area contributed by atoms with Crippen LogP contribution in [-0.4, -0.2) is 11.1 Å². The molecule has 0 spiro atoms. The normalized spacial score (nSPS) is 12.2. The molecule has 1 aliphatic heterocycles. The van der Waals surface area contributed by atoms with Crippen LogP contribution in [0.1, 0.15) is 24.0 Å². The summed E-state index contributed by atoms with van der Waals surface area (Å²) in [6.07, 6.45) is 1.59. The van der Waals surface area contributed by atoms with Crippen molar-refractivity contribution in [3.63, 3.8) is 0 Å². The van der Waals surface area contributed by atoms with Gasteiger partial charge in [-0.25, -0.2) is 0 Å². The van der Waals surface area contributed by atoms with Gasteiger partial charge in [-0.2, -0.15) is 0 Å². The molecular weight excluding hydrogens is 288 g/mol. The van der Waals surface area contributed by atoms with Gasteiger partial charge in [0.1, 0.15) is 12.4 Å². The summed E-state index contributed by atoms with van der Waals surface area (Å²) in [5.74, 6) is 0.114. The molecule has 1 heterocycles. The summed E-state index contributed by atoms with van der Waals surface area (Å²) in [7, 11) is 0. The van der Waals surface area contributed by atoms with Crippen molar-refractivity contribution in [1.29, 1.82) is 0 Å². The Balaban J connectivity index is 1.89. The Hall–Kier alpha value is -2.00. The van der Waals surface area contributed by atoms with Crippen molar-refractivity contribution in [1.82, 2.24) is 0 Å². The van der Waals surface area contributed by atoms with Crippen molar-refractivity contribution in [3.05, 3.63) is 52.5 Å². The number of halogens is 1. The molecule has 0 fully saturated rings. The van der Waals surface area contributed by atoms with E-state index in [9.17, 15) is 4.79 Å². The predicted octanol–water partition coefficient (Wildman–Crippen LogP) is 4.31.